The monoisotopic (exact) mass is 399 g/mol. The summed E-state index contributed by atoms with van der Waals surface area (Å²) in [5.74, 6) is 0.798. The lowest BCUT2D eigenvalue weighted by Gasteiger charge is -2.32. The Morgan fingerprint density at radius 1 is 1.25 bits per heavy atom. The molecule has 2 aromatic rings. The Morgan fingerprint density at radius 2 is 2.07 bits per heavy atom. The summed E-state index contributed by atoms with van der Waals surface area (Å²) in [5, 5.41) is 6.20. The molecular formula is C21H25N3O3S. The number of methoxy groups -OCH3 is 1. The summed E-state index contributed by atoms with van der Waals surface area (Å²) in [7, 11) is 1.59. The fourth-order valence-electron chi connectivity index (χ4n) is 3.10. The number of nitrogens with one attached hydrogen (secondary N) is 2. The van der Waals surface area contributed by atoms with Crippen LogP contribution in [0.3, 0.4) is 0 Å². The predicted molar refractivity (Wildman–Crippen MR) is 112 cm³/mol. The Labute approximate surface area is 169 Å². The first-order valence-corrected chi connectivity index (χ1v) is 10.2. The van der Waals surface area contributed by atoms with Crippen LogP contribution in [0.4, 0.5) is 5.69 Å². The van der Waals surface area contributed by atoms with Crippen molar-refractivity contribution in [3.8, 4) is 5.75 Å². The number of nitrogens with zero attached hydrogens (tertiary/aromatic N) is 1. The average Bonchev–Trinajstić information content (AvgIpc) is 2.72. The van der Waals surface area contributed by atoms with Gasteiger partial charge in [-0.1, -0.05) is 18.2 Å². The van der Waals surface area contributed by atoms with Gasteiger partial charge in [0.25, 0.3) is 5.91 Å². The zero-order valence-electron chi connectivity index (χ0n) is 16.1. The van der Waals surface area contributed by atoms with Crippen molar-refractivity contribution in [3.05, 3.63) is 54.1 Å². The van der Waals surface area contributed by atoms with Crippen LogP contribution in [-0.2, 0) is 4.79 Å². The molecule has 0 bridgehead atoms. The molecule has 0 aliphatic carbocycles. The number of thioether (sulfide) groups is 1. The van der Waals surface area contributed by atoms with E-state index in [1.807, 2.05) is 47.4 Å². The van der Waals surface area contributed by atoms with Gasteiger partial charge in [-0.3, -0.25) is 9.59 Å². The van der Waals surface area contributed by atoms with Gasteiger partial charge in [-0.05, 0) is 31.2 Å². The molecule has 1 atom stereocenters. The third-order valence-electron chi connectivity index (χ3n) is 4.49. The molecule has 7 heteroatoms. The minimum absolute atomic E-state index is 0.0182. The molecule has 0 aromatic heterocycles. The summed E-state index contributed by atoms with van der Waals surface area (Å²) >= 11 is 1.37. The Hall–Kier alpha value is -2.51. The van der Waals surface area contributed by atoms with Crippen molar-refractivity contribution < 1.29 is 14.3 Å². The molecule has 28 heavy (non-hydrogen) atoms. The van der Waals surface area contributed by atoms with Gasteiger partial charge < -0.3 is 20.3 Å². The molecule has 1 unspecified atom stereocenters. The minimum Gasteiger partial charge on any atom is -0.497 e. The highest BCUT2D eigenvalue weighted by Gasteiger charge is 2.23. The molecule has 0 spiro atoms. The number of benzene rings is 2. The standard InChI is InChI=1S/C21H25N3O3S/c1-15-13-24(11-10-22-15)21(26)18-8-3-4-9-19(18)28-14-20(25)23-16-6-5-7-17(12-16)27-2/h3-9,12,15,22H,10-11,13-14H2,1-2H3,(H,23,25). The molecule has 2 N–H and O–H groups in total. The van der Waals surface area contributed by atoms with E-state index in [1.54, 1.807) is 13.2 Å². The van der Waals surface area contributed by atoms with Crippen LogP contribution in [0.1, 0.15) is 17.3 Å². The summed E-state index contributed by atoms with van der Waals surface area (Å²) in [6, 6.07) is 15.0. The number of ether oxygens (including phenoxy) is 1. The minimum atomic E-state index is -0.128. The largest absolute Gasteiger partial charge is 0.497 e. The Bertz CT molecular complexity index is 843. The van der Waals surface area contributed by atoms with Crippen LogP contribution in [-0.4, -0.2) is 55.3 Å². The maximum Gasteiger partial charge on any atom is 0.255 e. The fourth-order valence-corrected chi connectivity index (χ4v) is 3.94. The lowest BCUT2D eigenvalue weighted by molar-refractivity contribution is -0.113. The molecule has 1 heterocycles. The lowest BCUT2D eigenvalue weighted by Crippen LogP contribution is -2.51. The van der Waals surface area contributed by atoms with Crippen LogP contribution in [0, 0.1) is 0 Å². The highest BCUT2D eigenvalue weighted by Crippen LogP contribution is 2.25. The summed E-state index contributed by atoms with van der Waals surface area (Å²) in [6.07, 6.45) is 0. The summed E-state index contributed by atoms with van der Waals surface area (Å²) in [4.78, 5) is 28.0. The quantitative estimate of drug-likeness (QED) is 0.731. The average molecular weight is 400 g/mol. The van der Waals surface area contributed by atoms with Gasteiger partial charge in [-0.15, -0.1) is 11.8 Å². The van der Waals surface area contributed by atoms with Crippen molar-refractivity contribution in [2.24, 2.45) is 0 Å². The zero-order chi connectivity index (χ0) is 19.9. The highest BCUT2D eigenvalue weighted by atomic mass is 32.2. The molecule has 1 aliphatic heterocycles. The van der Waals surface area contributed by atoms with Crippen molar-refractivity contribution in [2.75, 3.05) is 37.8 Å². The Balaban J connectivity index is 1.63. The number of hydrogen-bond acceptors (Lipinski definition) is 5. The SMILES string of the molecule is COc1cccc(NC(=O)CSc2ccccc2C(=O)N2CCNC(C)C2)c1. The number of anilines is 1. The van der Waals surface area contributed by atoms with Gasteiger partial charge in [0.15, 0.2) is 0 Å². The van der Waals surface area contributed by atoms with Gasteiger partial charge >= 0.3 is 0 Å². The van der Waals surface area contributed by atoms with Crippen molar-refractivity contribution in [1.82, 2.24) is 10.2 Å². The first-order chi connectivity index (χ1) is 13.6. The van der Waals surface area contributed by atoms with Gasteiger partial charge in [-0.2, -0.15) is 0 Å². The van der Waals surface area contributed by atoms with E-state index in [9.17, 15) is 9.59 Å². The Morgan fingerprint density at radius 3 is 2.86 bits per heavy atom. The van der Waals surface area contributed by atoms with Crippen molar-refractivity contribution >= 4 is 29.3 Å². The fraction of sp³-hybridized carbons (Fsp3) is 0.333. The summed E-state index contributed by atoms with van der Waals surface area (Å²) in [5.41, 5.74) is 1.33. The first kappa shape index (κ1) is 20.2. The van der Waals surface area contributed by atoms with Crippen molar-refractivity contribution in [1.29, 1.82) is 0 Å². The summed E-state index contributed by atoms with van der Waals surface area (Å²) < 4.78 is 5.17. The maximum absolute atomic E-state index is 12.9. The van der Waals surface area contributed by atoms with Crippen LogP contribution in [0.15, 0.2) is 53.4 Å². The maximum atomic E-state index is 12.9. The number of carbonyl (C=O) groups is 2. The second-order valence-corrected chi connectivity index (χ2v) is 7.69. The number of amides is 2. The van der Waals surface area contributed by atoms with E-state index in [0.717, 1.165) is 11.4 Å². The summed E-state index contributed by atoms with van der Waals surface area (Å²) in [6.45, 7) is 4.25. The molecule has 0 saturated carbocycles. The lowest BCUT2D eigenvalue weighted by atomic mass is 10.1. The second kappa shape index (κ2) is 9.61. The number of hydrogen-bond donors (Lipinski definition) is 2. The van der Waals surface area contributed by atoms with E-state index in [4.69, 9.17) is 4.74 Å². The molecule has 2 aromatic carbocycles. The van der Waals surface area contributed by atoms with E-state index in [1.165, 1.54) is 11.8 Å². The van der Waals surface area contributed by atoms with Gasteiger partial charge in [0.2, 0.25) is 5.91 Å². The topological polar surface area (TPSA) is 70.7 Å². The van der Waals surface area contributed by atoms with Gasteiger partial charge in [0.05, 0.1) is 18.4 Å². The van der Waals surface area contributed by atoms with Crippen LogP contribution in [0.25, 0.3) is 0 Å². The molecule has 3 rings (SSSR count). The van der Waals surface area contributed by atoms with Crippen LogP contribution in [0.2, 0.25) is 0 Å². The van der Waals surface area contributed by atoms with E-state index in [2.05, 4.69) is 17.6 Å². The molecule has 1 aliphatic rings. The van der Waals surface area contributed by atoms with E-state index >= 15 is 0 Å². The van der Waals surface area contributed by atoms with E-state index in [-0.39, 0.29) is 23.6 Å². The number of rotatable bonds is 6. The van der Waals surface area contributed by atoms with Crippen molar-refractivity contribution in [3.63, 3.8) is 0 Å². The molecular weight excluding hydrogens is 374 g/mol. The van der Waals surface area contributed by atoms with Crippen LogP contribution in [0.5, 0.6) is 5.75 Å². The van der Waals surface area contributed by atoms with Crippen LogP contribution < -0.4 is 15.4 Å². The van der Waals surface area contributed by atoms with E-state index in [0.29, 0.717) is 30.1 Å². The molecule has 0 radical (unpaired) electrons. The number of piperazine rings is 1. The van der Waals surface area contributed by atoms with Gasteiger partial charge in [0.1, 0.15) is 5.75 Å². The third-order valence-corrected chi connectivity index (χ3v) is 5.56. The van der Waals surface area contributed by atoms with Gasteiger partial charge in [-0.25, -0.2) is 0 Å². The first-order valence-electron chi connectivity index (χ1n) is 9.25. The van der Waals surface area contributed by atoms with E-state index < -0.39 is 0 Å². The molecule has 1 fully saturated rings. The third kappa shape index (κ3) is 5.27. The molecule has 6 nitrogen and oxygen atoms in total. The van der Waals surface area contributed by atoms with Gasteiger partial charge in [0, 0.05) is 42.3 Å². The van der Waals surface area contributed by atoms with Crippen LogP contribution >= 0.6 is 11.8 Å². The highest BCUT2D eigenvalue weighted by molar-refractivity contribution is 8.00. The molecule has 2 amide bonds. The zero-order valence-corrected chi connectivity index (χ0v) is 16.9. The predicted octanol–water partition coefficient (Wildman–Crippen LogP) is 2.86. The Kier molecular flexibility index (Phi) is 6.95. The second-order valence-electron chi connectivity index (χ2n) is 6.67. The molecule has 1 saturated heterocycles. The molecule has 148 valence electrons. The number of carbonyl (C=O) groups excluding carboxylic acids is 2. The smallest absolute Gasteiger partial charge is 0.255 e. The normalized spacial score (nSPS) is 16.5. The van der Waals surface area contributed by atoms with Crippen molar-refractivity contribution in [2.45, 2.75) is 17.9 Å².